The quantitative estimate of drug-likeness (QED) is 0.493. The number of aromatic nitrogens is 7. The van der Waals surface area contributed by atoms with E-state index < -0.39 is 0 Å². The molecule has 0 saturated carbocycles. The first-order valence-corrected chi connectivity index (χ1v) is 8.27. The molecule has 5 aromatic rings. The summed E-state index contributed by atoms with van der Waals surface area (Å²) in [7, 11) is 1.89. The molecule has 4 aromatic heterocycles. The van der Waals surface area contributed by atoms with Crippen LogP contribution in [0.3, 0.4) is 0 Å². The minimum Gasteiger partial charge on any atom is -0.283 e. The van der Waals surface area contributed by atoms with E-state index in [0.717, 1.165) is 39.4 Å². The molecule has 0 saturated heterocycles. The highest BCUT2D eigenvalue weighted by Gasteiger charge is 2.18. The number of benzene rings is 1. The van der Waals surface area contributed by atoms with Gasteiger partial charge in [0.25, 0.3) is 0 Å². The summed E-state index contributed by atoms with van der Waals surface area (Å²) in [5, 5.41) is 8.25. The molecule has 0 fully saturated rings. The van der Waals surface area contributed by atoms with Crippen LogP contribution in [-0.4, -0.2) is 34.3 Å². The summed E-state index contributed by atoms with van der Waals surface area (Å²) < 4.78 is 3.76. The fraction of sp³-hybridized carbons (Fsp3) is 0.105. The third kappa shape index (κ3) is 2.17. The van der Waals surface area contributed by atoms with E-state index in [2.05, 4.69) is 26.3 Å². The van der Waals surface area contributed by atoms with Crippen LogP contribution in [-0.2, 0) is 7.05 Å². The maximum absolute atomic E-state index is 4.74. The van der Waals surface area contributed by atoms with Crippen LogP contribution < -0.4 is 0 Å². The summed E-state index contributed by atoms with van der Waals surface area (Å²) >= 11 is 0. The van der Waals surface area contributed by atoms with Crippen LogP contribution >= 0.6 is 0 Å². The zero-order valence-electron chi connectivity index (χ0n) is 14.3. The Hall–Kier alpha value is -3.61. The van der Waals surface area contributed by atoms with E-state index in [1.54, 1.807) is 10.9 Å². The van der Waals surface area contributed by atoms with Crippen molar-refractivity contribution in [3.05, 3.63) is 60.6 Å². The first-order valence-electron chi connectivity index (χ1n) is 8.27. The van der Waals surface area contributed by atoms with Gasteiger partial charge in [-0.3, -0.25) is 9.38 Å². The Balaban J connectivity index is 1.85. The van der Waals surface area contributed by atoms with Gasteiger partial charge in [0.05, 0.1) is 16.9 Å². The van der Waals surface area contributed by atoms with Gasteiger partial charge >= 0.3 is 0 Å². The van der Waals surface area contributed by atoms with Crippen molar-refractivity contribution < 1.29 is 0 Å². The average molecular weight is 341 g/mol. The molecule has 0 atom stereocenters. The molecule has 0 aliphatic heterocycles. The van der Waals surface area contributed by atoms with E-state index in [1.807, 2.05) is 61.0 Å². The number of aryl methyl sites for hydroxylation is 2. The number of pyridine rings is 1. The highest BCUT2D eigenvalue weighted by atomic mass is 15.4. The van der Waals surface area contributed by atoms with Crippen molar-refractivity contribution in [3.8, 4) is 22.6 Å². The number of imidazole rings is 1. The van der Waals surface area contributed by atoms with E-state index in [9.17, 15) is 0 Å². The number of fused-ring (bicyclic) bond motifs is 2. The van der Waals surface area contributed by atoms with Crippen molar-refractivity contribution in [1.82, 2.24) is 34.3 Å². The number of hydrogen-bond donors (Lipinski definition) is 0. The van der Waals surface area contributed by atoms with Crippen molar-refractivity contribution in [3.63, 3.8) is 0 Å². The zero-order chi connectivity index (χ0) is 17.7. The Morgan fingerprint density at radius 2 is 1.92 bits per heavy atom. The summed E-state index contributed by atoms with van der Waals surface area (Å²) in [4.78, 5) is 13.8. The van der Waals surface area contributed by atoms with Crippen molar-refractivity contribution in [2.75, 3.05) is 0 Å². The van der Waals surface area contributed by atoms with Crippen LogP contribution in [0.25, 0.3) is 39.5 Å². The molecule has 126 valence electrons. The molecule has 0 unspecified atom stereocenters. The van der Waals surface area contributed by atoms with Gasteiger partial charge in [0, 0.05) is 30.7 Å². The van der Waals surface area contributed by atoms with Crippen molar-refractivity contribution >= 4 is 16.8 Å². The molecule has 0 radical (unpaired) electrons. The predicted octanol–water partition coefficient (Wildman–Crippen LogP) is 3.05. The van der Waals surface area contributed by atoms with E-state index in [0.29, 0.717) is 5.78 Å². The first kappa shape index (κ1) is 14.7. The van der Waals surface area contributed by atoms with Gasteiger partial charge in [-0.05, 0) is 37.3 Å². The smallest absolute Gasteiger partial charge is 0.234 e. The lowest BCUT2D eigenvalue weighted by molar-refractivity contribution is 0.736. The summed E-state index contributed by atoms with van der Waals surface area (Å²) in [6.45, 7) is 1.98. The van der Waals surface area contributed by atoms with Gasteiger partial charge < -0.3 is 0 Å². The fourth-order valence-electron chi connectivity index (χ4n) is 3.19. The Kier molecular flexibility index (Phi) is 3.08. The molecule has 7 nitrogen and oxygen atoms in total. The van der Waals surface area contributed by atoms with Crippen molar-refractivity contribution in [1.29, 1.82) is 0 Å². The molecule has 0 aliphatic rings. The lowest BCUT2D eigenvalue weighted by Crippen LogP contribution is -1.93. The molecule has 0 N–H and O–H groups in total. The molecule has 7 heteroatoms. The third-order valence-electron chi connectivity index (χ3n) is 4.42. The monoisotopic (exact) mass is 341 g/mol. The normalized spacial score (nSPS) is 11.5. The topological polar surface area (TPSA) is 73.8 Å². The molecule has 5 rings (SSSR count). The van der Waals surface area contributed by atoms with Gasteiger partial charge in [-0.25, -0.2) is 14.6 Å². The van der Waals surface area contributed by atoms with Gasteiger partial charge in [-0.15, -0.1) is 5.10 Å². The SMILES string of the molecule is Cc1cccc(-c2nc3ncccn3c2-c2ccc3nnn(C)c3c2)n1. The highest BCUT2D eigenvalue weighted by Crippen LogP contribution is 2.32. The fourth-order valence-corrected chi connectivity index (χ4v) is 3.19. The molecule has 0 amide bonds. The Labute approximate surface area is 149 Å². The van der Waals surface area contributed by atoms with Crippen LogP contribution in [0.1, 0.15) is 5.69 Å². The molecule has 4 heterocycles. The van der Waals surface area contributed by atoms with E-state index in [4.69, 9.17) is 4.98 Å². The largest absolute Gasteiger partial charge is 0.283 e. The Bertz CT molecular complexity index is 1270. The van der Waals surface area contributed by atoms with Gasteiger partial charge in [-0.2, -0.15) is 0 Å². The van der Waals surface area contributed by atoms with Crippen LogP contribution in [0, 0.1) is 6.92 Å². The van der Waals surface area contributed by atoms with Crippen LogP contribution in [0.4, 0.5) is 0 Å². The third-order valence-corrected chi connectivity index (χ3v) is 4.42. The first-order chi connectivity index (χ1) is 12.7. The average Bonchev–Trinajstić information content (AvgIpc) is 3.22. The van der Waals surface area contributed by atoms with Crippen molar-refractivity contribution in [2.45, 2.75) is 6.92 Å². The van der Waals surface area contributed by atoms with Gasteiger partial charge in [0.15, 0.2) is 0 Å². The second kappa shape index (κ2) is 5.45. The van der Waals surface area contributed by atoms with Gasteiger partial charge in [-0.1, -0.05) is 17.3 Å². The summed E-state index contributed by atoms with van der Waals surface area (Å²) in [6, 6.07) is 13.9. The molecule has 0 bridgehead atoms. The zero-order valence-corrected chi connectivity index (χ0v) is 14.3. The Morgan fingerprint density at radius 1 is 1.00 bits per heavy atom. The second-order valence-electron chi connectivity index (χ2n) is 6.18. The van der Waals surface area contributed by atoms with E-state index in [1.165, 1.54) is 0 Å². The van der Waals surface area contributed by atoms with Crippen molar-refractivity contribution in [2.24, 2.45) is 7.05 Å². The van der Waals surface area contributed by atoms with Gasteiger partial charge in [0.2, 0.25) is 5.78 Å². The maximum Gasteiger partial charge on any atom is 0.234 e. The molecule has 1 aromatic carbocycles. The summed E-state index contributed by atoms with van der Waals surface area (Å²) in [6.07, 6.45) is 3.71. The predicted molar refractivity (Wildman–Crippen MR) is 98.5 cm³/mol. The summed E-state index contributed by atoms with van der Waals surface area (Å²) in [5.74, 6) is 0.643. The Morgan fingerprint density at radius 3 is 2.81 bits per heavy atom. The highest BCUT2D eigenvalue weighted by molar-refractivity contribution is 5.86. The second-order valence-corrected chi connectivity index (χ2v) is 6.18. The lowest BCUT2D eigenvalue weighted by atomic mass is 10.1. The number of rotatable bonds is 2. The minimum absolute atomic E-state index is 0.643. The minimum atomic E-state index is 0.643. The van der Waals surface area contributed by atoms with Crippen LogP contribution in [0.5, 0.6) is 0 Å². The summed E-state index contributed by atoms with van der Waals surface area (Å²) in [5.41, 5.74) is 6.37. The molecular weight excluding hydrogens is 326 g/mol. The molecular formula is C19H15N7. The number of nitrogens with zero attached hydrogens (tertiary/aromatic N) is 7. The lowest BCUT2D eigenvalue weighted by Gasteiger charge is -2.06. The standard InChI is InChI=1S/C19H15N7/c1-12-5-3-6-15(21-12)17-18(26-10-4-9-20-19(26)22-17)13-7-8-14-16(11-13)25(2)24-23-14/h3-11H,1-2H3. The van der Waals surface area contributed by atoms with Gasteiger partial charge in [0.1, 0.15) is 11.2 Å². The van der Waals surface area contributed by atoms with Crippen LogP contribution in [0.2, 0.25) is 0 Å². The van der Waals surface area contributed by atoms with E-state index in [-0.39, 0.29) is 0 Å². The molecule has 0 aliphatic carbocycles. The molecule has 0 spiro atoms. The maximum atomic E-state index is 4.74. The number of hydrogen-bond acceptors (Lipinski definition) is 5. The van der Waals surface area contributed by atoms with Crippen LogP contribution in [0.15, 0.2) is 54.9 Å². The molecule has 26 heavy (non-hydrogen) atoms. The van der Waals surface area contributed by atoms with E-state index >= 15 is 0 Å².